The Morgan fingerprint density at radius 2 is 1.56 bits per heavy atom. The number of oxime groups is 2. The number of aliphatic hydroxyl groups is 4. The van der Waals surface area contributed by atoms with E-state index in [0.29, 0.717) is 14.5 Å². The number of ether oxygens (including phenoxy) is 1. The molecule has 2 aliphatic heterocycles. The minimum absolute atomic E-state index is 0.0386. The van der Waals surface area contributed by atoms with Gasteiger partial charge in [-0.05, 0) is 93.6 Å². The van der Waals surface area contributed by atoms with Gasteiger partial charge in [0.15, 0.2) is 17.2 Å². The van der Waals surface area contributed by atoms with Crippen LogP contribution < -0.4 is 15.4 Å². The average Bonchev–Trinajstić information content (AvgIpc) is 3.71. The van der Waals surface area contributed by atoms with E-state index in [1.54, 1.807) is 12.1 Å². The Kier molecular flexibility index (Phi) is 12.5. The molecular formula is C29H26Br6N4O11. The van der Waals surface area contributed by atoms with Gasteiger partial charge in [0.1, 0.15) is 52.0 Å². The fraction of sp³-hybridized carbons (Fsp3) is 0.448. The molecule has 5 rings (SSSR count). The number of carbonyl (C=O) groups is 4. The molecule has 0 unspecified atom stereocenters. The van der Waals surface area contributed by atoms with Crippen LogP contribution in [0.5, 0.6) is 5.75 Å². The molecule has 2 spiro atoms. The van der Waals surface area contributed by atoms with Crippen LogP contribution in [0.1, 0.15) is 18.1 Å². The number of halogens is 6. The largest absolute Gasteiger partial charge is 0.488 e. The summed E-state index contributed by atoms with van der Waals surface area (Å²) in [6.07, 6.45) is -1.28. The fourth-order valence-electron chi connectivity index (χ4n) is 5.44. The van der Waals surface area contributed by atoms with E-state index in [1.165, 1.54) is 18.4 Å². The number of alkyl halides is 2. The summed E-state index contributed by atoms with van der Waals surface area (Å²) in [5, 5.41) is 55.4. The third-order valence-corrected chi connectivity index (χ3v) is 12.5. The van der Waals surface area contributed by atoms with Crippen LogP contribution in [0.25, 0.3) is 0 Å². The van der Waals surface area contributed by atoms with Crippen molar-refractivity contribution in [2.45, 2.75) is 51.7 Å². The van der Waals surface area contributed by atoms with Crippen molar-refractivity contribution in [2.24, 2.45) is 16.2 Å². The molecule has 0 saturated carbocycles. The lowest BCUT2D eigenvalue weighted by atomic mass is 9.77. The summed E-state index contributed by atoms with van der Waals surface area (Å²) in [5.41, 5.74) is -2.69. The summed E-state index contributed by atoms with van der Waals surface area (Å²) in [5.74, 6) is -2.86. The third-order valence-electron chi connectivity index (χ3n) is 8.23. The summed E-state index contributed by atoms with van der Waals surface area (Å²) < 4.78 is 6.86. The van der Waals surface area contributed by atoms with Crippen molar-refractivity contribution in [2.75, 3.05) is 19.7 Å². The maximum absolute atomic E-state index is 13.1. The second kappa shape index (κ2) is 15.8. The van der Waals surface area contributed by atoms with Gasteiger partial charge in [-0.2, -0.15) is 0 Å². The van der Waals surface area contributed by atoms with Crippen LogP contribution in [-0.4, -0.2) is 115 Å². The molecule has 21 heteroatoms. The fourth-order valence-corrected chi connectivity index (χ4v) is 10.1. The Balaban J connectivity index is 1.11. The first-order valence-electron chi connectivity index (χ1n) is 14.5. The Hall–Kier alpha value is -1.56. The minimum Gasteiger partial charge on any atom is -0.488 e. The molecule has 270 valence electrons. The topological polar surface area (TPSA) is 226 Å². The van der Waals surface area contributed by atoms with Gasteiger partial charge in [-0.25, -0.2) is 0 Å². The first kappa shape index (κ1) is 39.6. The van der Waals surface area contributed by atoms with Crippen LogP contribution in [0.15, 0.2) is 52.5 Å². The van der Waals surface area contributed by atoms with Crippen molar-refractivity contribution in [3.63, 3.8) is 0 Å². The molecule has 6 N–H and O–H groups in total. The van der Waals surface area contributed by atoms with Gasteiger partial charge in [-0.1, -0.05) is 42.2 Å². The van der Waals surface area contributed by atoms with Gasteiger partial charge in [-0.15, -0.1) is 0 Å². The van der Waals surface area contributed by atoms with E-state index in [-0.39, 0.29) is 52.3 Å². The lowest BCUT2D eigenvalue weighted by Gasteiger charge is -2.38. The van der Waals surface area contributed by atoms with E-state index >= 15 is 0 Å². The Bertz CT molecular complexity index is 1700. The standard InChI is InChI=1S/C29H26Br6N4O11/c30-13-1-10(18(41)8-37-26(46)12-7-38-50-29(12)4-16(33)22(43)20(35)25(29)45)2-14(31)23(13)48-9-11(40)6-36-27(47)17-5-28(49-39-17)3-15(32)21(42)19(34)24(28)44/h1-4,7,11-12,18-20,24-25,40-41,44-45H,5-6,8-9H2,(H,36,47)(H,37,46)/t11-,12-,18+,19-,20-,24+,25+,28-,29-/m1/s1. The molecule has 50 heavy (non-hydrogen) atoms. The highest BCUT2D eigenvalue weighted by Gasteiger charge is 2.58. The maximum Gasteiger partial charge on any atom is 0.269 e. The van der Waals surface area contributed by atoms with Crippen molar-refractivity contribution in [1.29, 1.82) is 0 Å². The number of Topliss-reactive ketones (excluding diaryl/α,β-unsaturated/α-hetero) is 2. The zero-order valence-corrected chi connectivity index (χ0v) is 34.6. The number of amides is 2. The van der Waals surface area contributed by atoms with Gasteiger partial charge >= 0.3 is 0 Å². The Morgan fingerprint density at radius 1 is 0.940 bits per heavy atom. The zero-order chi connectivity index (χ0) is 36.7. The molecule has 15 nitrogen and oxygen atoms in total. The molecule has 4 aliphatic rings. The Labute approximate surface area is 334 Å². The van der Waals surface area contributed by atoms with E-state index in [9.17, 15) is 39.6 Å². The smallest absolute Gasteiger partial charge is 0.269 e. The predicted molar refractivity (Wildman–Crippen MR) is 197 cm³/mol. The second-order valence-electron chi connectivity index (χ2n) is 11.6. The molecule has 2 amide bonds. The van der Waals surface area contributed by atoms with Crippen LogP contribution in [0.2, 0.25) is 0 Å². The minimum atomic E-state index is -1.63. The summed E-state index contributed by atoms with van der Waals surface area (Å²) in [6, 6.07) is 3.12. The van der Waals surface area contributed by atoms with Gasteiger partial charge in [0, 0.05) is 19.5 Å². The molecule has 9 atom stereocenters. The van der Waals surface area contributed by atoms with Crippen LogP contribution in [-0.2, 0) is 28.9 Å². The molecular weight excluding hydrogens is 1060 g/mol. The first-order valence-corrected chi connectivity index (χ1v) is 19.5. The molecule has 1 aromatic rings. The lowest BCUT2D eigenvalue weighted by Crippen LogP contribution is -2.59. The van der Waals surface area contributed by atoms with Crippen LogP contribution in [0.4, 0.5) is 0 Å². The summed E-state index contributed by atoms with van der Waals surface area (Å²) >= 11 is 19.3. The van der Waals surface area contributed by atoms with Crippen LogP contribution in [0.3, 0.4) is 0 Å². The van der Waals surface area contributed by atoms with Crippen molar-refractivity contribution in [3.8, 4) is 5.75 Å². The number of hydrogen-bond acceptors (Lipinski definition) is 13. The molecule has 1 aromatic carbocycles. The zero-order valence-electron chi connectivity index (χ0n) is 25.1. The maximum atomic E-state index is 13.1. The number of nitrogens with one attached hydrogen (secondary N) is 2. The number of benzene rings is 1. The number of ketones is 2. The van der Waals surface area contributed by atoms with Crippen molar-refractivity contribution in [3.05, 3.63) is 47.8 Å². The summed E-state index contributed by atoms with van der Waals surface area (Å²) in [7, 11) is 0. The molecule has 0 saturated heterocycles. The van der Waals surface area contributed by atoms with E-state index in [1.807, 2.05) is 0 Å². The van der Waals surface area contributed by atoms with Crippen molar-refractivity contribution >= 4 is 131 Å². The average molecular weight is 1090 g/mol. The molecule has 0 aromatic heterocycles. The number of allylic oxidation sites excluding steroid dienone is 2. The van der Waals surface area contributed by atoms with Gasteiger partial charge in [0.25, 0.3) is 5.91 Å². The van der Waals surface area contributed by atoms with Gasteiger partial charge in [0.05, 0.1) is 30.2 Å². The Morgan fingerprint density at radius 3 is 2.22 bits per heavy atom. The second-order valence-corrected chi connectivity index (χ2v) is 17.0. The van der Waals surface area contributed by atoms with Crippen LogP contribution >= 0.6 is 95.6 Å². The van der Waals surface area contributed by atoms with E-state index in [0.717, 1.165) is 0 Å². The number of hydrogen-bond donors (Lipinski definition) is 6. The molecule has 0 fully saturated rings. The highest BCUT2D eigenvalue weighted by Crippen LogP contribution is 2.43. The number of aliphatic hydroxyl groups excluding tert-OH is 4. The molecule has 2 aliphatic carbocycles. The highest BCUT2D eigenvalue weighted by atomic mass is 79.9. The van der Waals surface area contributed by atoms with Crippen LogP contribution in [0, 0.1) is 5.92 Å². The van der Waals surface area contributed by atoms with E-state index in [4.69, 9.17) is 14.4 Å². The highest BCUT2D eigenvalue weighted by molar-refractivity contribution is 9.12. The molecule has 2 heterocycles. The van der Waals surface area contributed by atoms with Gasteiger partial charge in [-0.3, -0.25) is 19.2 Å². The summed E-state index contributed by atoms with van der Waals surface area (Å²) in [6.45, 7) is -0.687. The SMILES string of the molecule is O=C(NC[C@@H](O)COc1c(Br)cc([C@@H](O)CNC(=O)[C@H]2C=NO[C@]23C=C(Br)C(=O)[C@@H](Br)[C@@H]3O)cc1Br)C1=NO[C@]2(C=C(Br)C(=O)[C@@H](Br)[C@@H]2O)C1. The van der Waals surface area contributed by atoms with Gasteiger partial charge < -0.3 is 45.5 Å². The number of carbonyl (C=O) groups excluding carboxylic acids is 4. The first-order chi connectivity index (χ1) is 23.5. The number of rotatable bonds is 10. The monoisotopic (exact) mass is 1080 g/mol. The number of nitrogens with zero attached hydrogens (tertiary/aromatic N) is 2. The molecule has 0 radical (unpaired) electrons. The van der Waals surface area contributed by atoms with Crippen molar-refractivity contribution < 1.29 is 54.0 Å². The van der Waals surface area contributed by atoms with Crippen molar-refractivity contribution in [1.82, 2.24) is 10.6 Å². The third kappa shape index (κ3) is 7.72. The van der Waals surface area contributed by atoms with E-state index in [2.05, 4.69) is 117 Å². The summed E-state index contributed by atoms with van der Waals surface area (Å²) in [4.78, 5) is 59.0. The van der Waals surface area contributed by atoms with E-state index < -0.39 is 68.8 Å². The normalized spacial score (nSPS) is 31.4. The predicted octanol–water partition coefficient (Wildman–Crippen LogP) is 2.08. The lowest BCUT2D eigenvalue weighted by molar-refractivity contribution is -0.142. The molecule has 0 bridgehead atoms. The quantitative estimate of drug-likeness (QED) is 0.186. The van der Waals surface area contributed by atoms with Gasteiger partial charge in [0.2, 0.25) is 11.5 Å².